The minimum atomic E-state index is -0.0307. The molecule has 3 heteroatoms. The smallest absolute Gasteiger partial charge is 0.0641 e. The topological polar surface area (TPSA) is 14.8 Å². The summed E-state index contributed by atoms with van der Waals surface area (Å²) in [6.45, 7) is 4.67. The summed E-state index contributed by atoms with van der Waals surface area (Å²) in [4.78, 5) is 0. The highest BCUT2D eigenvalue weighted by atomic mass is 15.0. The van der Waals surface area contributed by atoms with Crippen LogP contribution in [0.15, 0.2) is 194 Å². The third kappa shape index (κ3) is 5.07. The van der Waals surface area contributed by atoms with Crippen LogP contribution >= 0.6 is 0 Å². The lowest BCUT2D eigenvalue weighted by Crippen LogP contribution is -2.19. The first kappa shape index (κ1) is 34.0. The molecule has 2 aliphatic rings. The molecular formula is C56H43N3. The summed E-state index contributed by atoms with van der Waals surface area (Å²) in [7, 11) is 0. The quantitative estimate of drug-likeness (QED) is 0.166. The molecule has 2 atom stereocenters. The van der Waals surface area contributed by atoms with E-state index in [1.54, 1.807) is 0 Å². The van der Waals surface area contributed by atoms with E-state index in [1.807, 2.05) is 0 Å². The maximum absolute atomic E-state index is 2.50. The molecular weight excluding hydrogens is 715 g/mol. The molecule has 0 N–H and O–H groups in total. The van der Waals surface area contributed by atoms with Crippen molar-refractivity contribution in [1.82, 2.24) is 13.7 Å². The van der Waals surface area contributed by atoms with Crippen molar-refractivity contribution in [3.8, 4) is 17.1 Å². The summed E-state index contributed by atoms with van der Waals surface area (Å²) in [5.41, 5.74) is 14.8. The van der Waals surface area contributed by atoms with Crippen LogP contribution in [0.1, 0.15) is 37.8 Å². The molecule has 0 fully saturated rings. The van der Waals surface area contributed by atoms with Crippen LogP contribution < -0.4 is 0 Å². The van der Waals surface area contributed by atoms with Gasteiger partial charge in [-0.05, 0) is 102 Å². The molecule has 10 aromatic rings. The fourth-order valence-corrected chi connectivity index (χ4v) is 10.3. The van der Waals surface area contributed by atoms with Crippen molar-refractivity contribution >= 4 is 71.0 Å². The molecule has 3 nitrogen and oxygen atoms in total. The number of hydrogen-bond donors (Lipinski definition) is 0. The average molecular weight is 758 g/mol. The van der Waals surface area contributed by atoms with Crippen LogP contribution in [0.25, 0.3) is 88.1 Å². The van der Waals surface area contributed by atoms with E-state index in [1.165, 1.54) is 93.5 Å². The van der Waals surface area contributed by atoms with Gasteiger partial charge in [-0.15, -0.1) is 0 Å². The van der Waals surface area contributed by atoms with Gasteiger partial charge < -0.3 is 13.7 Å². The van der Waals surface area contributed by atoms with Gasteiger partial charge in [-0.3, -0.25) is 0 Å². The number of para-hydroxylation sites is 3. The molecule has 7 aromatic carbocycles. The van der Waals surface area contributed by atoms with Gasteiger partial charge in [0.1, 0.15) is 0 Å². The summed E-state index contributed by atoms with van der Waals surface area (Å²) in [5.74, 6) is 0.511. The minimum Gasteiger partial charge on any atom is -0.309 e. The van der Waals surface area contributed by atoms with Gasteiger partial charge in [-0.25, -0.2) is 0 Å². The minimum absolute atomic E-state index is 0.0307. The molecule has 0 saturated carbocycles. The third-order valence-electron chi connectivity index (χ3n) is 13.3. The Morgan fingerprint density at radius 1 is 0.492 bits per heavy atom. The second-order valence-electron chi connectivity index (χ2n) is 16.8. The first-order chi connectivity index (χ1) is 29.1. The average Bonchev–Trinajstić information content (AvgIpc) is 3.92. The van der Waals surface area contributed by atoms with Crippen molar-refractivity contribution < 1.29 is 0 Å². The zero-order valence-corrected chi connectivity index (χ0v) is 33.3. The van der Waals surface area contributed by atoms with E-state index in [0.717, 1.165) is 18.5 Å². The van der Waals surface area contributed by atoms with E-state index in [2.05, 4.69) is 222 Å². The van der Waals surface area contributed by atoms with E-state index < -0.39 is 0 Å². The zero-order chi connectivity index (χ0) is 39.2. The molecule has 0 saturated heterocycles. The SMILES string of the molecule is CC1CC=CC=C1c1ccc(-n2c3ccccc3c3ccc4c(c5ccccc5n4-c4ccc5c(c4)c4ccccc4n5-c4cccc(C5(C)C=CC=CC5)c4)c32)cc1. The molecule has 2 unspecified atom stereocenters. The summed E-state index contributed by atoms with van der Waals surface area (Å²) in [6, 6.07) is 56.8. The number of nitrogens with zero attached hydrogens (tertiary/aromatic N) is 3. The number of fused-ring (bicyclic) bond motifs is 10. The van der Waals surface area contributed by atoms with E-state index in [-0.39, 0.29) is 5.41 Å². The highest BCUT2D eigenvalue weighted by molar-refractivity contribution is 6.26. The molecule has 0 aliphatic heterocycles. The van der Waals surface area contributed by atoms with Crippen LogP contribution in [0.4, 0.5) is 0 Å². The Bertz CT molecular complexity index is 3470. The van der Waals surface area contributed by atoms with Crippen molar-refractivity contribution in [3.63, 3.8) is 0 Å². The Labute approximate surface area is 343 Å². The molecule has 2 aliphatic carbocycles. The highest BCUT2D eigenvalue weighted by Crippen LogP contribution is 2.44. The molecule has 282 valence electrons. The van der Waals surface area contributed by atoms with Crippen molar-refractivity contribution in [1.29, 1.82) is 0 Å². The Kier molecular flexibility index (Phi) is 7.46. The van der Waals surface area contributed by atoms with E-state index in [4.69, 9.17) is 0 Å². The molecule has 0 radical (unpaired) electrons. The Balaban J connectivity index is 1.08. The molecule has 12 rings (SSSR count). The fourth-order valence-electron chi connectivity index (χ4n) is 10.3. The predicted molar refractivity (Wildman–Crippen MR) is 251 cm³/mol. The number of allylic oxidation sites excluding steroid dienone is 8. The van der Waals surface area contributed by atoms with E-state index in [0.29, 0.717) is 5.92 Å². The van der Waals surface area contributed by atoms with E-state index >= 15 is 0 Å². The van der Waals surface area contributed by atoms with Crippen molar-refractivity contribution in [2.75, 3.05) is 0 Å². The summed E-state index contributed by atoms with van der Waals surface area (Å²) < 4.78 is 7.43. The first-order valence-electron chi connectivity index (χ1n) is 21.0. The summed E-state index contributed by atoms with van der Waals surface area (Å²) in [6.07, 6.45) is 17.8. The summed E-state index contributed by atoms with van der Waals surface area (Å²) >= 11 is 0. The Morgan fingerprint density at radius 2 is 1.14 bits per heavy atom. The summed E-state index contributed by atoms with van der Waals surface area (Å²) in [5, 5.41) is 7.55. The standard InChI is InChI=1S/C56H43N3/c1-37-15-4-5-18-43(37)38-25-27-40(28-26-38)59-50-23-10-6-19-44(50)46-30-32-53-54(55(46)59)47-21-8-11-24-51(47)58(53)42-29-31-52-48(36-42)45-20-7-9-22-49(45)57(52)41-17-14-16-39(35-41)56(2)33-12-3-13-34-56/h3-14,16-33,35-37H,15,34H2,1-2H3. The predicted octanol–water partition coefficient (Wildman–Crippen LogP) is 14.7. The molecule has 0 amide bonds. The highest BCUT2D eigenvalue weighted by Gasteiger charge is 2.25. The lowest BCUT2D eigenvalue weighted by Gasteiger charge is -2.27. The van der Waals surface area contributed by atoms with Gasteiger partial charge >= 0.3 is 0 Å². The van der Waals surface area contributed by atoms with Gasteiger partial charge in [-0.1, -0.05) is 141 Å². The lowest BCUT2D eigenvalue weighted by atomic mass is 9.77. The normalized spacial score (nSPS) is 18.0. The number of benzene rings is 7. The largest absolute Gasteiger partial charge is 0.309 e. The second-order valence-corrected chi connectivity index (χ2v) is 16.8. The van der Waals surface area contributed by atoms with Gasteiger partial charge in [0, 0.05) is 54.8 Å². The number of aromatic nitrogens is 3. The Morgan fingerprint density at radius 3 is 1.90 bits per heavy atom. The zero-order valence-electron chi connectivity index (χ0n) is 33.3. The maximum atomic E-state index is 2.50. The van der Waals surface area contributed by atoms with Crippen LogP contribution in [-0.2, 0) is 5.41 Å². The monoisotopic (exact) mass is 757 g/mol. The van der Waals surface area contributed by atoms with Crippen LogP contribution in [0, 0.1) is 5.92 Å². The van der Waals surface area contributed by atoms with E-state index in [9.17, 15) is 0 Å². The molecule has 3 heterocycles. The second kappa shape index (κ2) is 13.0. The van der Waals surface area contributed by atoms with Crippen molar-refractivity contribution in [3.05, 3.63) is 205 Å². The van der Waals surface area contributed by atoms with Crippen molar-refractivity contribution in [2.24, 2.45) is 5.92 Å². The third-order valence-corrected chi connectivity index (χ3v) is 13.3. The number of hydrogen-bond acceptors (Lipinski definition) is 0. The van der Waals surface area contributed by atoms with Crippen molar-refractivity contribution in [2.45, 2.75) is 32.1 Å². The van der Waals surface area contributed by atoms with Gasteiger partial charge in [0.2, 0.25) is 0 Å². The van der Waals surface area contributed by atoms with Gasteiger partial charge in [0.05, 0.1) is 33.1 Å². The fraction of sp³-hybridized carbons (Fsp3) is 0.107. The molecule has 0 bridgehead atoms. The van der Waals surface area contributed by atoms with Crippen LogP contribution in [0.5, 0.6) is 0 Å². The number of rotatable bonds is 5. The van der Waals surface area contributed by atoms with Gasteiger partial charge in [0.25, 0.3) is 0 Å². The molecule has 59 heavy (non-hydrogen) atoms. The Hall–Kier alpha value is -7.10. The lowest BCUT2D eigenvalue weighted by molar-refractivity contribution is 0.599. The van der Waals surface area contributed by atoms with Crippen LogP contribution in [0.2, 0.25) is 0 Å². The molecule has 0 spiro atoms. The van der Waals surface area contributed by atoms with Gasteiger partial charge in [-0.2, -0.15) is 0 Å². The van der Waals surface area contributed by atoms with Crippen LogP contribution in [-0.4, -0.2) is 13.7 Å². The van der Waals surface area contributed by atoms with Gasteiger partial charge in [0.15, 0.2) is 0 Å². The molecule has 3 aromatic heterocycles. The maximum Gasteiger partial charge on any atom is 0.0641 e. The van der Waals surface area contributed by atoms with Crippen LogP contribution in [0.3, 0.4) is 0 Å². The first-order valence-corrected chi connectivity index (χ1v) is 21.0.